The van der Waals surface area contributed by atoms with E-state index in [1.54, 1.807) is 30.5 Å². The lowest BCUT2D eigenvalue weighted by Crippen LogP contribution is -1.94. The molecule has 1 aromatic heterocycles. The summed E-state index contributed by atoms with van der Waals surface area (Å²) in [6.45, 7) is 3.61. The van der Waals surface area contributed by atoms with E-state index in [1.807, 2.05) is 0 Å². The molecule has 0 saturated heterocycles. The van der Waals surface area contributed by atoms with Gasteiger partial charge in [-0.3, -0.25) is 4.98 Å². The normalized spacial score (nSPS) is 10.2. The van der Waals surface area contributed by atoms with E-state index >= 15 is 0 Å². The molecule has 0 radical (unpaired) electrons. The van der Waals surface area contributed by atoms with Crippen LogP contribution in [0.2, 0.25) is 5.02 Å². The number of anilines is 1. The number of nitrogens with zero attached hydrogens (tertiary/aromatic N) is 1. The summed E-state index contributed by atoms with van der Waals surface area (Å²) in [5, 5.41) is 0.349. The third-order valence-corrected chi connectivity index (χ3v) is 2.63. The zero-order valence-electron chi connectivity index (χ0n) is 8.95. The standard InChI is InChI=1S/C13H10ClFN2/c1-2-8-7-17-13(6-12(8)16)10-4-3-9(14)5-11(10)15/h2-7H,1H2,(H2,16,17). The van der Waals surface area contributed by atoms with Gasteiger partial charge in [0.25, 0.3) is 0 Å². The average molecular weight is 249 g/mol. The van der Waals surface area contributed by atoms with E-state index in [4.69, 9.17) is 17.3 Å². The highest BCUT2D eigenvalue weighted by Gasteiger charge is 2.08. The second kappa shape index (κ2) is 4.55. The van der Waals surface area contributed by atoms with Crippen LogP contribution >= 0.6 is 11.6 Å². The van der Waals surface area contributed by atoms with Gasteiger partial charge in [0.2, 0.25) is 0 Å². The molecule has 0 aliphatic heterocycles. The van der Waals surface area contributed by atoms with Gasteiger partial charge in [0, 0.05) is 28.0 Å². The van der Waals surface area contributed by atoms with Crippen LogP contribution in [-0.4, -0.2) is 4.98 Å². The van der Waals surface area contributed by atoms with Crippen LogP contribution in [0.4, 0.5) is 10.1 Å². The van der Waals surface area contributed by atoms with Crippen LogP contribution in [0, 0.1) is 5.82 Å². The summed E-state index contributed by atoms with van der Waals surface area (Å²) >= 11 is 5.68. The Morgan fingerprint density at radius 1 is 1.35 bits per heavy atom. The first-order valence-corrected chi connectivity index (χ1v) is 5.33. The van der Waals surface area contributed by atoms with E-state index < -0.39 is 5.82 Å². The van der Waals surface area contributed by atoms with Crippen molar-refractivity contribution in [3.05, 3.63) is 53.4 Å². The van der Waals surface area contributed by atoms with Crippen molar-refractivity contribution >= 4 is 23.4 Å². The Hall–Kier alpha value is -1.87. The Balaban J connectivity index is 2.53. The topological polar surface area (TPSA) is 38.9 Å². The average Bonchev–Trinajstić information content (AvgIpc) is 2.29. The number of hydrogen-bond donors (Lipinski definition) is 1. The maximum Gasteiger partial charge on any atom is 0.134 e. The largest absolute Gasteiger partial charge is 0.398 e. The summed E-state index contributed by atoms with van der Waals surface area (Å²) in [5.41, 5.74) is 7.87. The van der Waals surface area contributed by atoms with Gasteiger partial charge in [-0.15, -0.1) is 0 Å². The first kappa shape index (κ1) is 11.6. The predicted octanol–water partition coefficient (Wildman–Crippen LogP) is 3.77. The van der Waals surface area contributed by atoms with Gasteiger partial charge in [0.05, 0.1) is 5.69 Å². The lowest BCUT2D eigenvalue weighted by atomic mass is 10.1. The van der Waals surface area contributed by atoms with Gasteiger partial charge in [-0.05, 0) is 24.3 Å². The summed E-state index contributed by atoms with van der Waals surface area (Å²) in [4.78, 5) is 4.14. The van der Waals surface area contributed by atoms with Gasteiger partial charge >= 0.3 is 0 Å². The highest BCUT2D eigenvalue weighted by Crippen LogP contribution is 2.26. The molecule has 0 aliphatic carbocycles. The SMILES string of the molecule is C=Cc1cnc(-c2ccc(Cl)cc2F)cc1N. The first-order chi connectivity index (χ1) is 8.11. The van der Waals surface area contributed by atoms with Gasteiger partial charge in [-0.1, -0.05) is 24.3 Å². The van der Waals surface area contributed by atoms with E-state index in [0.717, 1.165) is 5.56 Å². The maximum atomic E-state index is 13.7. The van der Waals surface area contributed by atoms with Crippen molar-refractivity contribution in [3.8, 4) is 11.3 Å². The zero-order chi connectivity index (χ0) is 12.4. The Kier molecular flexibility index (Phi) is 3.11. The Morgan fingerprint density at radius 2 is 2.12 bits per heavy atom. The van der Waals surface area contributed by atoms with Gasteiger partial charge in [0.15, 0.2) is 0 Å². The van der Waals surface area contributed by atoms with Crippen LogP contribution in [0.1, 0.15) is 5.56 Å². The van der Waals surface area contributed by atoms with Crippen molar-refractivity contribution < 1.29 is 4.39 Å². The molecule has 0 atom stereocenters. The minimum absolute atomic E-state index is 0.349. The lowest BCUT2D eigenvalue weighted by Gasteiger charge is -2.06. The van der Waals surface area contributed by atoms with Crippen LogP contribution in [0.5, 0.6) is 0 Å². The Morgan fingerprint density at radius 3 is 2.71 bits per heavy atom. The molecule has 0 fully saturated rings. The van der Waals surface area contributed by atoms with E-state index in [1.165, 1.54) is 6.07 Å². The molecule has 0 aliphatic rings. The monoisotopic (exact) mass is 248 g/mol. The van der Waals surface area contributed by atoms with Crippen molar-refractivity contribution in [1.29, 1.82) is 0 Å². The van der Waals surface area contributed by atoms with Crippen LogP contribution in [0.15, 0.2) is 37.0 Å². The molecule has 86 valence electrons. The van der Waals surface area contributed by atoms with Crippen molar-refractivity contribution in [1.82, 2.24) is 4.98 Å². The molecule has 0 spiro atoms. The molecule has 0 saturated carbocycles. The van der Waals surface area contributed by atoms with E-state index in [9.17, 15) is 4.39 Å². The fourth-order valence-electron chi connectivity index (χ4n) is 1.50. The minimum Gasteiger partial charge on any atom is -0.398 e. The molecule has 17 heavy (non-hydrogen) atoms. The molecule has 0 unspecified atom stereocenters. The summed E-state index contributed by atoms with van der Waals surface area (Å²) in [6.07, 6.45) is 3.16. The van der Waals surface area contributed by atoms with Crippen molar-refractivity contribution in [3.63, 3.8) is 0 Å². The minimum atomic E-state index is -0.421. The molecule has 1 aromatic carbocycles. The van der Waals surface area contributed by atoms with Crippen molar-refractivity contribution in [2.75, 3.05) is 5.73 Å². The third-order valence-electron chi connectivity index (χ3n) is 2.40. The highest BCUT2D eigenvalue weighted by molar-refractivity contribution is 6.30. The van der Waals surface area contributed by atoms with Crippen LogP contribution in [0.25, 0.3) is 17.3 Å². The molecular formula is C13H10ClFN2. The summed E-state index contributed by atoms with van der Waals surface area (Å²) < 4.78 is 13.7. The van der Waals surface area contributed by atoms with E-state index in [0.29, 0.717) is 22.0 Å². The van der Waals surface area contributed by atoms with Gasteiger partial charge in [-0.2, -0.15) is 0 Å². The van der Waals surface area contributed by atoms with Gasteiger partial charge in [-0.25, -0.2) is 4.39 Å². The van der Waals surface area contributed by atoms with Crippen molar-refractivity contribution in [2.45, 2.75) is 0 Å². The number of halogens is 2. The maximum absolute atomic E-state index is 13.7. The van der Waals surface area contributed by atoms with Gasteiger partial charge in [0.1, 0.15) is 5.82 Å². The smallest absolute Gasteiger partial charge is 0.134 e. The van der Waals surface area contributed by atoms with Crippen molar-refractivity contribution in [2.24, 2.45) is 0 Å². The molecule has 2 aromatic rings. The molecule has 2 N–H and O–H groups in total. The predicted molar refractivity (Wildman–Crippen MR) is 69.1 cm³/mol. The van der Waals surface area contributed by atoms with E-state index in [2.05, 4.69) is 11.6 Å². The number of rotatable bonds is 2. The second-order valence-corrected chi connectivity index (χ2v) is 3.96. The van der Waals surface area contributed by atoms with Crippen LogP contribution in [0.3, 0.4) is 0 Å². The molecule has 1 heterocycles. The Labute approximate surface area is 104 Å². The fraction of sp³-hybridized carbons (Fsp3) is 0. The number of nitrogens with two attached hydrogens (primary N) is 1. The second-order valence-electron chi connectivity index (χ2n) is 3.53. The molecular weight excluding hydrogens is 239 g/mol. The number of pyridine rings is 1. The van der Waals surface area contributed by atoms with E-state index in [-0.39, 0.29) is 0 Å². The number of aromatic nitrogens is 1. The lowest BCUT2D eigenvalue weighted by molar-refractivity contribution is 0.631. The fourth-order valence-corrected chi connectivity index (χ4v) is 1.66. The molecule has 2 nitrogen and oxygen atoms in total. The molecule has 0 bridgehead atoms. The molecule has 2 rings (SSSR count). The highest BCUT2D eigenvalue weighted by atomic mass is 35.5. The zero-order valence-corrected chi connectivity index (χ0v) is 9.71. The molecule has 4 heteroatoms. The van der Waals surface area contributed by atoms with Gasteiger partial charge < -0.3 is 5.73 Å². The van der Waals surface area contributed by atoms with Crippen LogP contribution < -0.4 is 5.73 Å². The third kappa shape index (κ3) is 2.29. The summed E-state index contributed by atoms with van der Waals surface area (Å²) in [6, 6.07) is 6.05. The quantitative estimate of drug-likeness (QED) is 0.879. The Bertz CT molecular complexity index is 582. The summed E-state index contributed by atoms with van der Waals surface area (Å²) in [5.74, 6) is -0.421. The number of benzene rings is 1. The molecule has 0 amide bonds. The first-order valence-electron chi connectivity index (χ1n) is 4.95. The van der Waals surface area contributed by atoms with Crippen LogP contribution in [-0.2, 0) is 0 Å². The summed E-state index contributed by atoms with van der Waals surface area (Å²) in [7, 11) is 0. The number of hydrogen-bond acceptors (Lipinski definition) is 2. The number of nitrogen functional groups attached to an aromatic ring is 1.